The van der Waals surface area contributed by atoms with Crippen molar-refractivity contribution in [2.45, 2.75) is 46.1 Å². The fourth-order valence-electron chi connectivity index (χ4n) is 3.42. The number of phenols is 1. The lowest BCUT2D eigenvalue weighted by Crippen LogP contribution is -2.25. The molecule has 2 aromatic carbocycles. The summed E-state index contributed by atoms with van der Waals surface area (Å²) in [5, 5.41) is 10.5. The van der Waals surface area contributed by atoms with Crippen LogP contribution in [-0.2, 0) is 6.54 Å². The van der Waals surface area contributed by atoms with E-state index in [1.165, 1.54) is 0 Å². The number of allylic oxidation sites excluding steroid dienone is 1. The molecule has 29 heavy (non-hydrogen) atoms. The number of carbonyl (C=O) groups is 1. The summed E-state index contributed by atoms with van der Waals surface area (Å²) in [5.41, 5.74) is 2.11. The van der Waals surface area contributed by atoms with Crippen LogP contribution in [0.4, 0.5) is 0 Å². The molecule has 1 aliphatic heterocycles. The van der Waals surface area contributed by atoms with E-state index in [4.69, 9.17) is 4.74 Å². The molecular formula is C24H28BrNO3. The van der Waals surface area contributed by atoms with Gasteiger partial charge < -0.3 is 9.84 Å². The van der Waals surface area contributed by atoms with Crippen LogP contribution in [0.3, 0.4) is 0 Å². The molecule has 5 heteroatoms. The summed E-state index contributed by atoms with van der Waals surface area (Å²) >= 11 is 3.42. The van der Waals surface area contributed by atoms with Crippen LogP contribution >= 0.6 is 15.9 Å². The van der Waals surface area contributed by atoms with Crippen molar-refractivity contribution in [1.29, 1.82) is 0 Å². The number of hydrogen-bond donors (Lipinski definition) is 1. The number of rotatable bonds is 9. The third-order valence-electron chi connectivity index (χ3n) is 5.12. The summed E-state index contributed by atoms with van der Waals surface area (Å²) in [5.74, 6) is 0.830. The Kier molecular flexibility index (Phi) is 7.51. The van der Waals surface area contributed by atoms with Crippen LogP contribution in [0.1, 0.15) is 61.0 Å². The lowest BCUT2D eigenvalue weighted by molar-refractivity contribution is 0.101. The first-order chi connectivity index (χ1) is 14.0. The summed E-state index contributed by atoms with van der Waals surface area (Å²) in [6.45, 7) is 6.87. The van der Waals surface area contributed by atoms with E-state index in [2.05, 4.69) is 34.7 Å². The van der Waals surface area contributed by atoms with Crippen molar-refractivity contribution in [2.24, 2.45) is 0 Å². The molecule has 0 atom stereocenters. The van der Waals surface area contributed by atoms with Crippen LogP contribution in [0.2, 0.25) is 0 Å². The van der Waals surface area contributed by atoms with E-state index in [1.54, 1.807) is 18.2 Å². The number of hydrogen-bond acceptors (Lipinski definition) is 4. The Morgan fingerprint density at radius 1 is 1.03 bits per heavy atom. The monoisotopic (exact) mass is 457 g/mol. The number of ketones is 1. The highest BCUT2D eigenvalue weighted by Gasteiger charge is 2.31. The molecule has 0 saturated carbocycles. The van der Waals surface area contributed by atoms with Crippen LogP contribution < -0.4 is 4.74 Å². The zero-order chi connectivity index (χ0) is 20.8. The second kappa shape index (κ2) is 10.1. The number of phenolic OH excluding ortho intramolecular Hbond substituents is 1. The van der Waals surface area contributed by atoms with Crippen molar-refractivity contribution in [2.75, 3.05) is 13.1 Å². The third kappa shape index (κ3) is 5.28. The van der Waals surface area contributed by atoms with Crippen molar-refractivity contribution < 1.29 is 14.6 Å². The van der Waals surface area contributed by atoms with Gasteiger partial charge in [0, 0.05) is 11.0 Å². The van der Waals surface area contributed by atoms with Gasteiger partial charge in [-0.25, -0.2) is 0 Å². The zero-order valence-electron chi connectivity index (χ0n) is 17.1. The minimum Gasteiger partial charge on any atom is -0.507 e. The Bertz CT molecular complexity index is 882. The molecule has 1 N–H and O–H groups in total. The van der Waals surface area contributed by atoms with Crippen molar-refractivity contribution in [3.8, 4) is 11.5 Å². The van der Waals surface area contributed by atoms with Crippen LogP contribution in [0.5, 0.6) is 11.5 Å². The molecule has 0 spiro atoms. The van der Waals surface area contributed by atoms with Gasteiger partial charge in [0.2, 0.25) is 5.78 Å². The predicted octanol–water partition coefficient (Wildman–Crippen LogP) is 6.17. The van der Waals surface area contributed by atoms with E-state index in [0.717, 1.165) is 48.8 Å². The molecule has 3 rings (SSSR count). The molecule has 1 aliphatic rings. The Morgan fingerprint density at radius 2 is 1.69 bits per heavy atom. The number of benzene rings is 2. The highest BCUT2D eigenvalue weighted by molar-refractivity contribution is 9.10. The van der Waals surface area contributed by atoms with Crippen LogP contribution in [0.15, 0.2) is 46.6 Å². The van der Waals surface area contributed by atoms with Crippen LogP contribution in [-0.4, -0.2) is 28.9 Å². The molecule has 1 heterocycles. The van der Waals surface area contributed by atoms with Crippen molar-refractivity contribution in [3.63, 3.8) is 0 Å². The fraction of sp³-hybridized carbons (Fsp3) is 0.375. The lowest BCUT2D eigenvalue weighted by atomic mass is 10.0. The van der Waals surface area contributed by atoms with Crippen molar-refractivity contribution >= 4 is 27.8 Å². The summed E-state index contributed by atoms with van der Waals surface area (Å²) < 4.78 is 6.97. The molecule has 0 fully saturated rings. The molecule has 4 nitrogen and oxygen atoms in total. The Balaban J connectivity index is 1.88. The van der Waals surface area contributed by atoms with Gasteiger partial charge in [0.15, 0.2) is 5.76 Å². The number of aromatic hydroxyl groups is 1. The fourth-order valence-corrected chi connectivity index (χ4v) is 3.68. The number of nitrogens with zero attached hydrogens (tertiary/aromatic N) is 1. The Morgan fingerprint density at radius 3 is 2.31 bits per heavy atom. The van der Waals surface area contributed by atoms with E-state index < -0.39 is 0 Å². The van der Waals surface area contributed by atoms with Gasteiger partial charge >= 0.3 is 0 Å². The van der Waals surface area contributed by atoms with E-state index >= 15 is 0 Å². The Labute approximate surface area is 181 Å². The number of halogens is 1. The number of fused-ring (bicyclic) bond motifs is 1. The lowest BCUT2D eigenvalue weighted by Gasteiger charge is -2.23. The summed E-state index contributed by atoms with van der Waals surface area (Å²) in [4.78, 5) is 15.2. The van der Waals surface area contributed by atoms with Gasteiger partial charge in [-0.2, -0.15) is 0 Å². The summed E-state index contributed by atoms with van der Waals surface area (Å²) in [7, 11) is 0. The maximum absolute atomic E-state index is 12.9. The minimum absolute atomic E-state index is 0.141. The van der Waals surface area contributed by atoms with Gasteiger partial charge in [-0.05, 0) is 61.8 Å². The Hall–Kier alpha value is -2.11. The van der Waals surface area contributed by atoms with Crippen molar-refractivity contribution in [1.82, 2.24) is 4.90 Å². The molecule has 0 amide bonds. The number of unbranched alkanes of at least 4 members (excludes halogenated alkanes) is 2. The normalized spacial score (nSPS) is 14.5. The van der Waals surface area contributed by atoms with Crippen molar-refractivity contribution in [3.05, 3.63) is 63.3 Å². The zero-order valence-corrected chi connectivity index (χ0v) is 18.7. The molecule has 2 aromatic rings. The first-order valence-electron chi connectivity index (χ1n) is 10.3. The maximum Gasteiger partial charge on any atom is 0.231 e. The molecule has 0 aliphatic carbocycles. The van der Waals surface area contributed by atoms with Crippen LogP contribution in [0.25, 0.3) is 6.08 Å². The van der Waals surface area contributed by atoms with E-state index in [-0.39, 0.29) is 11.5 Å². The molecule has 0 radical (unpaired) electrons. The number of ether oxygens (including phenoxy) is 1. The second-order valence-electron chi connectivity index (χ2n) is 7.41. The molecular weight excluding hydrogens is 430 g/mol. The van der Waals surface area contributed by atoms with Gasteiger partial charge in [0.05, 0.1) is 11.1 Å². The standard InChI is InChI=1S/C24H28BrNO3/c1-3-5-13-26(14-6-4-2)16-20-21(27)12-11-19-23(28)22(29-24(19)20)15-17-7-9-18(25)10-8-17/h7-12,15,27H,3-6,13-14,16H2,1-2H3/b22-15+. The highest BCUT2D eigenvalue weighted by atomic mass is 79.9. The average Bonchev–Trinajstić information content (AvgIpc) is 3.03. The quantitative estimate of drug-likeness (QED) is 0.457. The maximum atomic E-state index is 12.9. The summed E-state index contributed by atoms with van der Waals surface area (Å²) in [6, 6.07) is 11.0. The van der Waals surface area contributed by atoms with Crippen LogP contribution in [0, 0.1) is 0 Å². The third-order valence-corrected chi connectivity index (χ3v) is 5.65. The van der Waals surface area contributed by atoms with Gasteiger partial charge in [-0.1, -0.05) is 54.8 Å². The minimum atomic E-state index is -0.141. The number of Topliss-reactive ketones (excluding diaryl/α,β-unsaturated/α-hetero) is 1. The molecule has 0 aromatic heterocycles. The highest BCUT2D eigenvalue weighted by Crippen LogP contribution is 2.40. The molecule has 0 saturated heterocycles. The number of carbonyl (C=O) groups excluding carboxylic acids is 1. The van der Waals surface area contributed by atoms with Gasteiger partial charge in [0.25, 0.3) is 0 Å². The SMILES string of the molecule is CCCCN(CCCC)Cc1c(O)ccc2c1O/C(=C/c1ccc(Br)cc1)C2=O. The topological polar surface area (TPSA) is 49.8 Å². The summed E-state index contributed by atoms with van der Waals surface area (Å²) in [6.07, 6.45) is 6.21. The first-order valence-corrected chi connectivity index (χ1v) is 11.1. The van der Waals surface area contributed by atoms with Gasteiger partial charge in [0.1, 0.15) is 11.5 Å². The molecule has 0 bridgehead atoms. The molecule has 0 unspecified atom stereocenters. The molecule has 154 valence electrons. The second-order valence-corrected chi connectivity index (χ2v) is 8.33. The van der Waals surface area contributed by atoms with Gasteiger partial charge in [-0.3, -0.25) is 9.69 Å². The predicted molar refractivity (Wildman–Crippen MR) is 120 cm³/mol. The first kappa shape index (κ1) is 21.6. The van der Waals surface area contributed by atoms with E-state index in [0.29, 0.717) is 29.2 Å². The largest absolute Gasteiger partial charge is 0.507 e. The van der Waals surface area contributed by atoms with Gasteiger partial charge in [-0.15, -0.1) is 0 Å². The van der Waals surface area contributed by atoms with E-state index in [1.807, 2.05) is 24.3 Å². The van der Waals surface area contributed by atoms with E-state index in [9.17, 15) is 9.90 Å². The average molecular weight is 458 g/mol. The smallest absolute Gasteiger partial charge is 0.231 e.